The highest BCUT2D eigenvalue weighted by Gasteiger charge is 2.44. The van der Waals surface area contributed by atoms with Gasteiger partial charge in [0, 0.05) is 32.7 Å². The number of aromatic nitrogens is 3. The summed E-state index contributed by atoms with van der Waals surface area (Å²) in [5, 5.41) is 13.5. The van der Waals surface area contributed by atoms with Gasteiger partial charge in [0.15, 0.2) is 0 Å². The van der Waals surface area contributed by atoms with Crippen LogP contribution in [0, 0.1) is 5.41 Å². The summed E-state index contributed by atoms with van der Waals surface area (Å²) >= 11 is 0. The highest BCUT2D eigenvalue weighted by Crippen LogP contribution is 2.42. The molecular weight excluding hydrogens is 334 g/mol. The summed E-state index contributed by atoms with van der Waals surface area (Å²) < 4.78 is 7.67. The third kappa shape index (κ3) is 3.37. The van der Waals surface area contributed by atoms with Gasteiger partial charge in [0.05, 0.1) is 19.3 Å². The number of likely N-dealkylation sites (tertiary alicyclic amines) is 2. The molecule has 0 unspecified atom stereocenters. The highest BCUT2D eigenvalue weighted by molar-refractivity contribution is 5.90. The fraction of sp³-hybridized carbons (Fsp3) is 0.833. The first-order valence-electron chi connectivity index (χ1n) is 9.70. The van der Waals surface area contributed by atoms with Crippen LogP contribution in [-0.4, -0.2) is 87.1 Å². The highest BCUT2D eigenvalue weighted by atomic mass is 16.5. The van der Waals surface area contributed by atoms with Gasteiger partial charge in [0.2, 0.25) is 5.82 Å². The number of hydrogen-bond acceptors (Lipinski definition) is 6. The number of amides is 1. The first-order valence-corrected chi connectivity index (χ1v) is 9.70. The summed E-state index contributed by atoms with van der Waals surface area (Å²) in [6, 6.07) is 0.306. The molecule has 0 radical (unpaired) electrons. The molecule has 0 saturated carbocycles. The van der Waals surface area contributed by atoms with E-state index in [0.29, 0.717) is 11.9 Å². The van der Waals surface area contributed by atoms with Crippen LogP contribution in [0.1, 0.15) is 42.7 Å². The molecule has 0 aromatic carbocycles. The van der Waals surface area contributed by atoms with E-state index in [1.807, 2.05) is 4.90 Å². The Morgan fingerprint density at radius 2 is 2.19 bits per heavy atom. The summed E-state index contributed by atoms with van der Waals surface area (Å²) in [6.07, 6.45) is 6.96. The van der Waals surface area contributed by atoms with Crippen LogP contribution in [0.5, 0.6) is 0 Å². The number of carbonyl (C=O) groups is 1. The lowest BCUT2D eigenvalue weighted by Crippen LogP contribution is -2.44. The van der Waals surface area contributed by atoms with Gasteiger partial charge in [-0.15, -0.1) is 0 Å². The summed E-state index contributed by atoms with van der Waals surface area (Å²) in [5.41, 5.74) is 0.204. The second-order valence-corrected chi connectivity index (χ2v) is 8.11. The fourth-order valence-corrected chi connectivity index (χ4v) is 4.78. The van der Waals surface area contributed by atoms with Crippen molar-refractivity contribution in [3.05, 3.63) is 12.2 Å². The van der Waals surface area contributed by atoms with Gasteiger partial charge in [0.1, 0.15) is 6.33 Å². The number of nitrogens with zero attached hydrogens (tertiary/aromatic N) is 5. The number of aryl methyl sites for hydroxylation is 1. The number of hydrogen-bond donors (Lipinski definition) is 1. The molecule has 144 valence electrons. The molecule has 1 aromatic heterocycles. The quantitative estimate of drug-likeness (QED) is 0.827. The Morgan fingerprint density at radius 3 is 2.88 bits per heavy atom. The van der Waals surface area contributed by atoms with Crippen LogP contribution in [0.15, 0.2) is 6.33 Å². The van der Waals surface area contributed by atoms with E-state index < -0.39 is 0 Å². The summed E-state index contributed by atoms with van der Waals surface area (Å²) in [5.74, 6) is 0.378. The zero-order chi connectivity index (χ0) is 18.1. The SMILES string of the molecule is Cn1ncnc1C(=O)N1CCC2(CC1)CO[C@@H](CN1CCC[C@H]1CO)C2. The molecule has 26 heavy (non-hydrogen) atoms. The Kier molecular flexibility index (Phi) is 4.98. The Bertz CT molecular complexity index is 641. The van der Waals surface area contributed by atoms with Crippen LogP contribution in [0.2, 0.25) is 0 Å². The van der Waals surface area contributed by atoms with Crippen molar-refractivity contribution in [3.63, 3.8) is 0 Å². The van der Waals surface area contributed by atoms with E-state index in [1.165, 1.54) is 17.4 Å². The average Bonchev–Trinajstić information content (AvgIpc) is 3.36. The van der Waals surface area contributed by atoms with Crippen LogP contribution in [0.4, 0.5) is 0 Å². The Morgan fingerprint density at radius 1 is 1.38 bits per heavy atom. The lowest BCUT2D eigenvalue weighted by Gasteiger charge is -2.38. The summed E-state index contributed by atoms with van der Waals surface area (Å²) in [4.78, 5) is 20.9. The van der Waals surface area contributed by atoms with Gasteiger partial charge >= 0.3 is 0 Å². The van der Waals surface area contributed by atoms with E-state index in [1.54, 1.807) is 7.05 Å². The molecule has 3 aliphatic rings. The molecular formula is C18H29N5O3. The van der Waals surface area contributed by atoms with E-state index in [0.717, 1.165) is 58.5 Å². The third-order valence-corrected chi connectivity index (χ3v) is 6.45. The van der Waals surface area contributed by atoms with E-state index in [2.05, 4.69) is 15.0 Å². The number of aliphatic hydroxyl groups is 1. The number of carbonyl (C=O) groups excluding carboxylic acids is 1. The largest absolute Gasteiger partial charge is 0.395 e. The number of piperidine rings is 1. The minimum atomic E-state index is -0.0295. The predicted molar refractivity (Wildman–Crippen MR) is 94.6 cm³/mol. The van der Waals surface area contributed by atoms with E-state index >= 15 is 0 Å². The molecule has 0 bridgehead atoms. The molecule has 3 fully saturated rings. The minimum absolute atomic E-state index is 0.0295. The lowest BCUT2D eigenvalue weighted by molar-refractivity contribution is 0.0395. The van der Waals surface area contributed by atoms with Gasteiger partial charge in [-0.05, 0) is 44.1 Å². The summed E-state index contributed by atoms with van der Waals surface area (Å²) in [7, 11) is 1.75. The minimum Gasteiger partial charge on any atom is -0.395 e. The first-order chi connectivity index (χ1) is 12.6. The van der Waals surface area contributed by atoms with E-state index in [-0.39, 0.29) is 24.0 Å². The molecule has 0 aliphatic carbocycles. The van der Waals surface area contributed by atoms with Crippen molar-refractivity contribution in [2.24, 2.45) is 12.5 Å². The van der Waals surface area contributed by atoms with Crippen molar-refractivity contribution in [2.45, 2.75) is 44.2 Å². The Labute approximate surface area is 154 Å². The average molecular weight is 363 g/mol. The van der Waals surface area contributed by atoms with Crippen LogP contribution in [0.25, 0.3) is 0 Å². The van der Waals surface area contributed by atoms with E-state index in [4.69, 9.17) is 4.74 Å². The molecule has 1 aromatic rings. The van der Waals surface area contributed by atoms with Crippen LogP contribution in [-0.2, 0) is 11.8 Å². The fourth-order valence-electron chi connectivity index (χ4n) is 4.78. The molecule has 4 rings (SSSR count). The zero-order valence-electron chi connectivity index (χ0n) is 15.5. The van der Waals surface area contributed by atoms with Gasteiger partial charge in [-0.3, -0.25) is 9.69 Å². The normalized spacial score (nSPS) is 28.9. The molecule has 1 amide bonds. The van der Waals surface area contributed by atoms with Gasteiger partial charge in [-0.2, -0.15) is 5.10 Å². The maximum atomic E-state index is 12.6. The topological polar surface area (TPSA) is 83.7 Å². The smallest absolute Gasteiger partial charge is 0.291 e. The maximum Gasteiger partial charge on any atom is 0.291 e. The molecule has 8 nitrogen and oxygen atoms in total. The van der Waals surface area contributed by atoms with Gasteiger partial charge in [-0.25, -0.2) is 9.67 Å². The number of aliphatic hydroxyl groups excluding tert-OH is 1. The van der Waals surface area contributed by atoms with Crippen molar-refractivity contribution in [1.29, 1.82) is 0 Å². The van der Waals surface area contributed by atoms with Gasteiger partial charge < -0.3 is 14.7 Å². The lowest BCUT2D eigenvalue weighted by atomic mass is 9.76. The van der Waals surface area contributed by atoms with Gasteiger partial charge in [-0.1, -0.05) is 0 Å². The van der Waals surface area contributed by atoms with Crippen LogP contribution in [0.3, 0.4) is 0 Å². The molecule has 4 heterocycles. The third-order valence-electron chi connectivity index (χ3n) is 6.45. The zero-order valence-corrected chi connectivity index (χ0v) is 15.5. The molecule has 8 heteroatoms. The molecule has 1 N–H and O–H groups in total. The maximum absolute atomic E-state index is 12.6. The molecule has 3 aliphatic heterocycles. The second-order valence-electron chi connectivity index (χ2n) is 8.11. The first kappa shape index (κ1) is 17.9. The number of rotatable bonds is 4. The molecule has 3 saturated heterocycles. The molecule has 2 atom stereocenters. The van der Waals surface area contributed by atoms with Crippen molar-refractivity contribution in [3.8, 4) is 0 Å². The predicted octanol–water partition coefficient (Wildman–Crippen LogP) is 0.283. The second kappa shape index (κ2) is 7.25. The summed E-state index contributed by atoms with van der Waals surface area (Å²) in [6.45, 7) is 4.54. The van der Waals surface area contributed by atoms with E-state index in [9.17, 15) is 9.90 Å². The van der Waals surface area contributed by atoms with Crippen molar-refractivity contribution in [1.82, 2.24) is 24.6 Å². The van der Waals surface area contributed by atoms with Crippen LogP contribution < -0.4 is 0 Å². The number of ether oxygens (including phenoxy) is 1. The van der Waals surface area contributed by atoms with Crippen molar-refractivity contribution >= 4 is 5.91 Å². The molecule has 1 spiro atoms. The van der Waals surface area contributed by atoms with Crippen molar-refractivity contribution < 1.29 is 14.6 Å². The van der Waals surface area contributed by atoms with Gasteiger partial charge in [0.25, 0.3) is 5.91 Å². The monoisotopic (exact) mass is 363 g/mol. The Hall–Kier alpha value is -1.51. The Balaban J connectivity index is 1.30. The van der Waals surface area contributed by atoms with Crippen LogP contribution >= 0.6 is 0 Å². The standard InChI is InChI=1S/C18H29N5O3/c1-21-16(19-13-20-21)17(25)22-7-4-18(5-8-22)9-15(26-12-18)10-23-6-2-3-14(23)11-24/h13-15,24H,2-12H2,1H3/t14-,15+/m0/s1. The van der Waals surface area contributed by atoms with Crippen molar-refractivity contribution in [2.75, 3.05) is 39.4 Å².